The fourth-order valence-corrected chi connectivity index (χ4v) is 8.35. The van der Waals surface area contributed by atoms with Crippen molar-refractivity contribution >= 4 is 11.9 Å². The van der Waals surface area contributed by atoms with E-state index in [1.807, 2.05) is 0 Å². The fourth-order valence-electron chi connectivity index (χ4n) is 8.35. The van der Waals surface area contributed by atoms with Gasteiger partial charge in [0, 0.05) is 6.42 Å². The predicted octanol–water partition coefficient (Wildman–Crippen LogP) is 16.5. The highest BCUT2D eigenvalue weighted by molar-refractivity contribution is 5.77. The number of nitrogens with one attached hydrogen (secondary N) is 1. The van der Waals surface area contributed by atoms with E-state index in [0.717, 1.165) is 77.0 Å². The average molecular weight is 872 g/mol. The van der Waals surface area contributed by atoms with E-state index in [0.29, 0.717) is 19.3 Å². The zero-order valence-electron chi connectivity index (χ0n) is 41.5. The van der Waals surface area contributed by atoms with Gasteiger partial charge in [0.2, 0.25) is 5.91 Å². The summed E-state index contributed by atoms with van der Waals surface area (Å²) in [6.45, 7) is 6.38. The Morgan fingerprint density at radius 2 is 0.871 bits per heavy atom. The summed E-state index contributed by atoms with van der Waals surface area (Å²) in [6.07, 6.45) is 59.3. The normalized spacial score (nSPS) is 13.4. The van der Waals surface area contributed by atoms with Gasteiger partial charge in [-0.15, -0.1) is 0 Å². The maximum atomic E-state index is 13.2. The molecule has 3 unspecified atom stereocenters. The van der Waals surface area contributed by atoms with Crippen molar-refractivity contribution in [3.8, 4) is 0 Å². The number of unbranched alkanes of at least 4 members (excludes halogenated alkanes) is 31. The van der Waals surface area contributed by atoms with Crippen molar-refractivity contribution in [2.75, 3.05) is 6.61 Å². The summed E-state index contributed by atoms with van der Waals surface area (Å²) in [5, 5.41) is 23.8. The molecule has 0 fully saturated rings. The Kier molecular flexibility index (Phi) is 48.5. The topological polar surface area (TPSA) is 95.9 Å². The molecule has 0 aromatic rings. The standard InChI is InChI=1S/C56H105NO5/c1-4-7-10-13-16-19-22-25-26-27-28-29-30-31-34-37-40-43-46-49-56(61)62-52(47-44-41-38-35-32-23-20-17-14-11-8-5-2)50-55(60)57-53(51-58)54(59)48-45-42-39-36-33-24-21-18-15-12-9-6-3/h8,11,17,20,25-26,52-54,58-59H,4-7,9-10,12-16,18-19,21-24,27-51H2,1-3H3,(H,57,60)/b11-8+,20-17+,26-25+. The van der Waals surface area contributed by atoms with E-state index in [1.54, 1.807) is 0 Å². The molecular formula is C56H105NO5. The van der Waals surface area contributed by atoms with Crippen molar-refractivity contribution in [2.45, 2.75) is 302 Å². The first kappa shape index (κ1) is 60.1. The molecule has 0 aliphatic rings. The third kappa shape index (κ3) is 44.7. The van der Waals surface area contributed by atoms with Crippen molar-refractivity contribution < 1.29 is 24.5 Å². The van der Waals surface area contributed by atoms with Crippen molar-refractivity contribution in [1.29, 1.82) is 0 Å². The number of esters is 1. The molecule has 6 nitrogen and oxygen atoms in total. The number of hydrogen-bond donors (Lipinski definition) is 3. The first-order valence-electron chi connectivity index (χ1n) is 27.2. The van der Waals surface area contributed by atoms with Crippen LogP contribution in [0.5, 0.6) is 0 Å². The molecule has 364 valence electrons. The van der Waals surface area contributed by atoms with Crippen LogP contribution < -0.4 is 5.32 Å². The van der Waals surface area contributed by atoms with E-state index in [2.05, 4.69) is 62.5 Å². The quantitative estimate of drug-likeness (QED) is 0.0321. The molecule has 0 aliphatic carbocycles. The Bertz CT molecular complexity index is 1020. The SMILES string of the molecule is CC/C=C/C/C=C/CCCCCCCC(CC(=O)NC(CO)C(O)CCCCCCCCCCCCCC)OC(=O)CCCCCCCCCCC/C=C/CCCCCCCC. The van der Waals surface area contributed by atoms with Crippen molar-refractivity contribution in [1.82, 2.24) is 5.32 Å². The Labute approximate surface area is 385 Å². The second kappa shape index (κ2) is 50.1. The van der Waals surface area contributed by atoms with E-state index in [9.17, 15) is 19.8 Å². The van der Waals surface area contributed by atoms with Gasteiger partial charge in [-0.3, -0.25) is 9.59 Å². The van der Waals surface area contributed by atoms with E-state index in [-0.39, 0.29) is 24.9 Å². The molecule has 0 rings (SSSR count). The first-order valence-corrected chi connectivity index (χ1v) is 27.2. The number of carbonyl (C=O) groups excluding carboxylic acids is 2. The Morgan fingerprint density at radius 3 is 1.32 bits per heavy atom. The van der Waals surface area contributed by atoms with Crippen LogP contribution in [0.25, 0.3) is 0 Å². The Hall–Kier alpha value is -1.92. The smallest absolute Gasteiger partial charge is 0.306 e. The highest BCUT2D eigenvalue weighted by atomic mass is 16.5. The first-order chi connectivity index (χ1) is 30.5. The molecule has 0 saturated heterocycles. The molecule has 0 radical (unpaired) electrons. The predicted molar refractivity (Wildman–Crippen MR) is 269 cm³/mol. The summed E-state index contributed by atoms with van der Waals surface area (Å²) >= 11 is 0. The van der Waals surface area contributed by atoms with Crippen LogP contribution in [0.2, 0.25) is 0 Å². The van der Waals surface area contributed by atoms with Gasteiger partial charge in [-0.2, -0.15) is 0 Å². The minimum absolute atomic E-state index is 0.0698. The van der Waals surface area contributed by atoms with Gasteiger partial charge in [0.15, 0.2) is 0 Å². The second-order valence-electron chi connectivity index (χ2n) is 18.6. The summed E-state index contributed by atoms with van der Waals surface area (Å²) in [5.41, 5.74) is 0. The van der Waals surface area contributed by atoms with Gasteiger partial charge in [-0.25, -0.2) is 0 Å². The third-order valence-electron chi connectivity index (χ3n) is 12.5. The number of hydrogen-bond acceptors (Lipinski definition) is 5. The van der Waals surface area contributed by atoms with Crippen LogP contribution in [0.15, 0.2) is 36.5 Å². The van der Waals surface area contributed by atoms with Crippen LogP contribution in [0, 0.1) is 0 Å². The molecule has 0 aromatic heterocycles. The average Bonchev–Trinajstić information content (AvgIpc) is 3.26. The van der Waals surface area contributed by atoms with Crippen molar-refractivity contribution in [3.63, 3.8) is 0 Å². The van der Waals surface area contributed by atoms with Crippen LogP contribution in [0.3, 0.4) is 0 Å². The minimum atomic E-state index is -0.789. The van der Waals surface area contributed by atoms with Crippen molar-refractivity contribution in [3.05, 3.63) is 36.5 Å². The number of ether oxygens (including phenoxy) is 1. The minimum Gasteiger partial charge on any atom is -0.462 e. The molecule has 0 saturated carbocycles. The van der Waals surface area contributed by atoms with Gasteiger partial charge in [0.1, 0.15) is 6.10 Å². The molecule has 0 heterocycles. The molecule has 0 aliphatic heterocycles. The lowest BCUT2D eigenvalue weighted by atomic mass is 10.0. The number of allylic oxidation sites excluding steroid dienone is 6. The van der Waals surface area contributed by atoms with E-state index >= 15 is 0 Å². The molecule has 0 bridgehead atoms. The van der Waals surface area contributed by atoms with Gasteiger partial charge in [0.25, 0.3) is 0 Å². The van der Waals surface area contributed by atoms with Gasteiger partial charge < -0.3 is 20.3 Å². The molecule has 3 N–H and O–H groups in total. The molecule has 6 heteroatoms. The van der Waals surface area contributed by atoms with Gasteiger partial charge >= 0.3 is 5.97 Å². The van der Waals surface area contributed by atoms with Crippen molar-refractivity contribution in [2.24, 2.45) is 0 Å². The summed E-state index contributed by atoms with van der Waals surface area (Å²) in [4.78, 5) is 26.2. The van der Waals surface area contributed by atoms with E-state index < -0.39 is 18.2 Å². The molecule has 62 heavy (non-hydrogen) atoms. The second-order valence-corrected chi connectivity index (χ2v) is 18.6. The van der Waals surface area contributed by atoms with Gasteiger partial charge in [0.05, 0.1) is 25.2 Å². The highest BCUT2D eigenvalue weighted by Crippen LogP contribution is 2.18. The zero-order valence-corrected chi connectivity index (χ0v) is 41.5. The summed E-state index contributed by atoms with van der Waals surface area (Å²) in [7, 11) is 0. The molecule has 0 spiro atoms. The number of rotatable bonds is 49. The zero-order chi connectivity index (χ0) is 45.2. The Morgan fingerprint density at radius 1 is 0.484 bits per heavy atom. The lowest BCUT2D eigenvalue weighted by molar-refractivity contribution is -0.151. The van der Waals surface area contributed by atoms with Gasteiger partial charge in [-0.1, -0.05) is 231 Å². The number of carbonyl (C=O) groups is 2. The summed E-state index contributed by atoms with van der Waals surface area (Å²) in [5.74, 6) is -0.480. The van der Waals surface area contributed by atoms with E-state index in [1.165, 1.54) is 161 Å². The Balaban J connectivity index is 4.49. The lowest BCUT2D eigenvalue weighted by Gasteiger charge is -2.24. The number of aliphatic hydroxyl groups excluding tert-OH is 2. The van der Waals surface area contributed by atoms with Crippen LogP contribution in [0.1, 0.15) is 284 Å². The number of amides is 1. The van der Waals surface area contributed by atoms with Crippen LogP contribution in [-0.4, -0.2) is 46.9 Å². The lowest BCUT2D eigenvalue weighted by Crippen LogP contribution is -2.46. The summed E-state index contributed by atoms with van der Waals surface area (Å²) < 4.78 is 5.94. The van der Waals surface area contributed by atoms with Crippen LogP contribution in [-0.2, 0) is 14.3 Å². The maximum absolute atomic E-state index is 13.2. The molecular weight excluding hydrogens is 767 g/mol. The maximum Gasteiger partial charge on any atom is 0.306 e. The molecule has 1 amide bonds. The third-order valence-corrected chi connectivity index (χ3v) is 12.5. The highest BCUT2D eigenvalue weighted by Gasteiger charge is 2.24. The number of aliphatic hydroxyl groups is 2. The molecule has 0 aromatic carbocycles. The van der Waals surface area contributed by atoms with Crippen LogP contribution >= 0.6 is 0 Å². The monoisotopic (exact) mass is 872 g/mol. The fraction of sp³-hybridized carbons (Fsp3) is 0.857. The van der Waals surface area contributed by atoms with Gasteiger partial charge in [-0.05, 0) is 77.0 Å². The largest absolute Gasteiger partial charge is 0.462 e. The van der Waals surface area contributed by atoms with E-state index in [4.69, 9.17) is 4.74 Å². The summed E-state index contributed by atoms with van der Waals surface area (Å²) in [6, 6.07) is -0.704. The molecule has 3 atom stereocenters. The van der Waals surface area contributed by atoms with Crippen LogP contribution in [0.4, 0.5) is 0 Å².